The number of aromatic nitrogens is 2. The zero-order valence-corrected chi connectivity index (χ0v) is 10.0. The molecule has 0 bridgehead atoms. The van der Waals surface area contributed by atoms with Crippen LogP contribution in [0.15, 0.2) is 12.4 Å². The molecule has 3 nitrogen and oxygen atoms in total. The molecule has 0 aliphatic heterocycles. The van der Waals surface area contributed by atoms with Gasteiger partial charge in [0, 0.05) is 6.54 Å². The largest absolute Gasteiger partial charge is 0.354 e. The van der Waals surface area contributed by atoms with E-state index in [1.807, 2.05) is 0 Å². The summed E-state index contributed by atoms with van der Waals surface area (Å²) in [5.41, 5.74) is 0. The van der Waals surface area contributed by atoms with E-state index < -0.39 is 5.82 Å². The van der Waals surface area contributed by atoms with Gasteiger partial charge in [-0.25, -0.2) is 14.4 Å². The highest BCUT2D eigenvalue weighted by molar-refractivity contribution is 5.22. The summed E-state index contributed by atoms with van der Waals surface area (Å²) in [6, 6.07) is 0. The topological polar surface area (TPSA) is 37.8 Å². The van der Waals surface area contributed by atoms with Crippen LogP contribution in [-0.2, 0) is 0 Å². The van der Waals surface area contributed by atoms with E-state index in [1.54, 1.807) is 0 Å². The summed E-state index contributed by atoms with van der Waals surface area (Å²) in [6.07, 6.45) is 7.22. The fourth-order valence-electron chi connectivity index (χ4n) is 1.58. The zero-order chi connectivity index (χ0) is 11.8. The second-order valence-electron chi connectivity index (χ2n) is 4.02. The lowest BCUT2D eigenvalue weighted by atomic mass is 9.99. The second kappa shape index (κ2) is 7.14. The third kappa shape index (κ3) is 4.55. The van der Waals surface area contributed by atoms with E-state index in [9.17, 15) is 4.39 Å². The number of halogens is 1. The molecule has 0 aliphatic rings. The first-order chi connectivity index (χ1) is 7.76. The SMILES string of the molecule is CCCCC(CC)CNc1ncc(F)cn1. The Balaban J connectivity index is 2.34. The number of nitrogens with one attached hydrogen (secondary N) is 1. The van der Waals surface area contributed by atoms with Crippen molar-refractivity contribution in [2.24, 2.45) is 5.92 Å². The van der Waals surface area contributed by atoms with Crippen molar-refractivity contribution in [2.75, 3.05) is 11.9 Å². The van der Waals surface area contributed by atoms with E-state index in [-0.39, 0.29) is 0 Å². The maximum absolute atomic E-state index is 12.6. The molecule has 1 heterocycles. The molecule has 0 spiro atoms. The van der Waals surface area contributed by atoms with Crippen LogP contribution in [-0.4, -0.2) is 16.5 Å². The molecule has 1 unspecified atom stereocenters. The number of anilines is 1. The highest BCUT2D eigenvalue weighted by Crippen LogP contribution is 2.12. The van der Waals surface area contributed by atoms with E-state index in [0.29, 0.717) is 11.9 Å². The Hall–Kier alpha value is -1.19. The summed E-state index contributed by atoms with van der Waals surface area (Å²) < 4.78 is 12.6. The van der Waals surface area contributed by atoms with E-state index in [0.717, 1.165) is 13.0 Å². The number of unbranched alkanes of at least 4 members (excludes halogenated alkanes) is 1. The average Bonchev–Trinajstić information content (AvgIpc) is 2.32. The minimum absolute atomic E-state index is 0.399. The molecule has 1 rings (SSSR count). The lowest BCUT2D eigenvalue weighted by molar-refractivity contribution is 0.471. The molecule has 1 N–H and O–H groups in total. The van der Waals surface area contributed by atoms with E-state index in [1.165, 1.54) is 31.7 Å². The Kier molecular flexibility index (Phi) is 5.75. The normalized spacial score (nSPS) is 12.4. The van der Waals surface area contributed by atoms with Crippen LogP contribution in [0, 0.1) is 11.7 Å². The zero-order valence-electron chi connectivity index (χ0n) is 10.0. The number of hydrogen-bond acceptors (Lipinski definition) is 3. The van der Waals surface area contributed by atoms with Crippen molar-refractivity contribution in [2.45, 2.75) is 39.5 Å². The van der Waals surface area contributed by atoms with Crippen LogP contribution < -0.4 is 5.32 Å². The lowest BCUT2D eigenvalue weighted by Crippen LogP contribution is -2.15. The van der Waals surface area contributed by atoms with Crippen molar-refractivity contribution in [3.05, 3.63) is 18.2 Å². The van der Waals surface area contributed by atoms with Crippen molar-refractivity contribution in [3.63, 3.8) is 0 Å². The van der Waals surface area contributed by atoms with Crippen molar-refractivity contribution >= 4 is 5.95 Å². The van der Waals surface area contributed by atoms with Crippen molar-refractivity contribution in [1.29, 1.82) is 0 Å². The van der Waals surface area contributed by atoms with Gasteiger partial charge in [0.25, 0.3) is 0 Å². The van der Waals surface area contributed by atoms with Gasteiger partial charge in [-0.1, -0.05) is 33.1 Å². The van der Waals surface area contributed by atoms with E-state index in [2.05, 4.69) is 29.1 Å². The molecule has 0 aliphatic carbocycles. The highest BCUT2D eigenvalue weighted by Gasteiger charge is 2.06. The van der Waals surface area contributed by atoms with Crippen molar-refractivity contribution in [1.82, 2.24) is 9.97 Å². The third-order valence-corrected chi connectivity index (χ3v) is 2.71. The highest BCUT2D eigenvalue weighted by atomic mass is 19.1. The van der Waals surface area contributed by atoms with Gasteiger partial charge >= 0.3 is 0 Å². The number of hydrogen-bond donors (Lipinski definition) is 1. The van der Waals surface area contributed by atoms with Gasteiger partial charge in [0.2, 0.25) is 5.95 Å². The van der Waals surface area contributed by atoms with Gasteiger partial charge in [-0.3, -0.25) is 0 Å². The average molecular weight is 225 g/mol. The Morgan fingerprint density at radius 2 is 2.00 bits per heavy atom. The van der Waals surface area contributed by atoms with Gasteiger partial charge in [0.15, 0.2) is 5.82 Å². The molecule has 1 atom stereocenters. The van der Waals surface area contributed by atoms with Gasteiger partial charge in [-0.2, -0.15) is 0 Å². The molecule has 90 valence electrons. The second-order valence-corrected chi connectivity index (χ2v) is 4.02. The smallest absolute Gasteiger partial charge is 0.222 e. The van der Waals surface area contributed by atoms with Crippen LogP contribution >= 0.6 is 0 Å². The summed E-state index contributed by atoms with van der Waals surface area (Å²) in [4.78, 5) is 7.74. The summed E-state index contributed by atoms with van der Waals surface area (Å²) in [7, 11) is 0. The summed E-state index contributed by atoms with van der Waals surface area (Å²) in [5.74, 6) is 0.758. The van der Waals surface area contributed by atoms with Crippen LogP contribution in [0.3, 0.4) is 0 Å². The molecule has 0 saturated heterocycles. The van der Waals surface area contributed by atoms with Crippen LogP contribution in [0.25, 0.3) is 0 Å². The van der Waals surface area contributed by atoms with E-state index in [4.69, 9.17) is 0 Å². The van der Waals surface area contributed by atoms with Gasteiger partial charge in [-0.05, 0) is 12.3 Å². The maximum atomic E-state index is 12.6. The minimum Gasteiger partial charge on any atom is -0.354 e. The van der Waals surface area contributed by atoms with E-state index >= 15 is 0 Å². The Morgan fingerprint density at radius 3 is 2.56 bits per heavy atom. The van der Waals surface area contributed by atoms with Crippen LogP contribution in [0.2, 0.25) is 0 Å². The third-order valence-electron chi connectivity index (χ3n) is 2.71. The fraction of sp³-hybridized carbons (Fsp3) is 0.667. The Labute approximate surface area is 96.5 Å². The predicted molar refractivity (Wildman–Crippen MR) is 63.8 cm³/mol. The summed E-state index contributed by atoms with van der Waals surface area (Å²) in [5, 5.41) is 3.14. The van der Waals surface area contributed by atoms with Crippen molar-refractivity contribution < 1.29 is 4.39 Å². The van der Waals surface area contributed by atoms with Crippen molar-refractivity contribution in [3.8, 4) is 0 Å². The van der Waals surface area contributed by atoms with Gasteiger partial charge in [0.05, 0.1) is 12.4 Å². The molecule has 0 aromatic carbocycles. The molecule has 4 heteroatoms. The molecule has 16 heavy (non-hydrogen) atoms. The first-order valence-corrected chi connectivity index (χ1v) is 5.97. The molecule has 0 fully saturated rings. The quantitative estimate of drug-likeness (QED) is 0.774. The predicted octanol–water partition coefficient (Wildman–Crippen LogP) is 3.24. The maximum Gasteiger partial charge on any atom is 0.222 e. The summed E-state index contributed by atoms with van der Waals surface area (Å²) >= 11 is 0. The van der Waals surface area contributed by atoms with Crippen LogP contribution in [0.1, 0.15) is 39.5 Å². The summed E-state index contributed by atoms with van der Waals surface area (Å²) in [6.45, 7) is 5.25. The number of nitrogens with zero attached hydrogens (tertiary/aromatic N) is 2. The first kappa shape index (κ1) is 12.9. The Bertz CT molecular complexity index is 287. The standard InChI is InChI=1S/C12H20FN3/c1-3-5-6-10(4-2)7-14-12-15-8-11(13)9-16-12/h8-10H,3-7H2,1-2H3,(H,14,15,16). The van der Waals surface area contributed by atoms with Gasteiger partial charge in [-0.15, -0.1) is 0 Å². The molecule has 1 aromatic rings. The molecular formula is C12H20FN3. The molecular weight excluding hydrogens is 205 g/mol. The molecule has 0 radical (unpaired) electrons. The molecule has 0 amide bonds. The minimum atomic E-state index is -0.399. The van der Waals surface area contributed by atoms with Crippen LogP contribution in [0.4, 0.5) is 10.3 Å². The first-order valence-electron chi connectivity index (χ1n) is 5.97. The molecule has 1 aromatic heterocycles. The van der Waals surface area contributed by atoms with Gasteiger partial charge < -0.3 is 5.32 Å². The molecule has 0 saturated carbocycles. The fourth-order valence-corrected chi connectivity index (χ4v) is 1.58. The Morgan fingerprint density at radius 1 is 1.31 bits per heavy atom. The monoisotopic (exact) mass is 225 g/mol. The van der Waals surface area contributed by atoms with Gasteiger partial charge in [0.1, 0.15) is 0 Å². The van der Waals surface area contributed by atoms with Crippen LogP contribution in [0.5, 0.6) is 0 Å². The lowest BCUT2D eigenvalue weighted by Gasteiger charge is -2.14. The number of rotatable bonds is 7.